The third-order valence-corrected chi connectivity index (χ3v) is 4.00. The van der Waals surface area contributed by atoms with Crippen LogP contribution in [0.25, 0.3) is 11.3 Å². The molecule has 3 aromatic rings. The number of ether oxygens (including phenoxy) is 1. The normalized spacial score (nSPS) is 11.8. The first kappa shape index (κ1) is 17.7. The lowest BCUT2D eigenvalue weighted by Crippen LogP contribution is -2.21. The van der Waals surface area contributed by atoms with Gasteiger partial charge in [-0.15, -0.1) is 5.10 Å². The van der Waals surface area contributed by atoms with Gasteiger partial charge < -0.3 is 10.1 Å². The van der Waals surface area contributed by atoms with Crippen LogP contribution >= 0.6 is 0 Å². The van der Waals surface area contributed by atoms with Crippen molar-refractivity contribution in [1.29, 1.82) is 0 Å². The predicted molar refractivity (Wildman–Crippen MR) is 97.5 cm³/mol. The van der Waals surface area contributed by atoms with Crippen molar-refractivity contribution < 1.29 is 9.13 Å². The summed E-state index contributed by atoms with van der Waals surface area (Å²) in [5.74, 6) is 0.130. The molecule has 2 aromatic heterocycles. The Kier molecular flexibility index (Phi) is 5.36. The van der Waals surface area contributed by atoms with Crippen molar-refractivity contribution in [3.05, 3.63) is 59.8 Å². The maximum atomic E-state index is 13.9. The first-order chi connectivity index (χ1) is 12.6. The summed E-state index contributed by atoms with van der Waals surface area (Å²) >= 11 is 0. The Morgan fingerprint density at radius 1 is 1.27 bits per heavy atom. The number of nitrogens with zero attached hydrogens (tertiary/aromatic N) is 4. The number of halogens is 1. The van der Waals surface area contributed by atoms with Gasteiger partial charge >= 0.3 is 0 Å². The minimum Gasteiger partial charge on any atom is -0.494 e. The van der Waals surface area contributed by atoms with Crippen molar-refractivity contribution in [2.75, 3.05) is 12.4 Å². The summed E-state index contributed by atoms with van der Waals surface area (Å²) in [4.78, 5) is 8.83. The van der Waals surface area contributed by atoms with Crippen LogP contribution in [0.1, 0.15) is 18.2 Å². The molecule has 3 rings (SSSR count). The molecule has 26 heavy (non-hydrogen) atoms. The number of rotatable bonds is 6. The number of hydrogen-bond acceptors (Lipinski definition) is 6. The Labute approximate surface area is 151 Å². The molecule has 0 bridgehead atoms. The fraction of sp³-hybridized carbons (Fsp3) is 0.263. The lowest BCUT2D eigenvalue weighted by Gasteiger charge is -2.14. The van der Waals surface area contributed by atoms with E-state index in [-0.39, 0.29) is 11.8 Å². The quantitative estimate of drug-likeness (QED) is 0.732. The molecule has 0 radical (unpaired) electrons. The number of aryl methyl sites for hydroxylation is 1. The molecule has 0 spiro atoms. The van der Waals surface area contributed by atoms with Crippen LogP contribution in [0.5, 0.6) is 5.75 Å². The summed E-state index contributed by atoms with van der Waals surface area (Å²) < 4.78 is 18.9. The number of aromatic nitrogens is 4. The standard InChI is InChI=1S/C19H20FN5O/c1-12-5-4-8-21-16(12)9-13(2)23-19-24-17(11-22-25-19)14-6-7-18(26-3)15(20)10-14/h4-8,10-11,13H,9H2,1-3H3,(H,23,24,25)/t13-/m1/s1. The molecule has 0 unspecified atom stereocenters. The van der Waals surface area contributed by atoms with Crippen LogP contribution in [0.15, 0.2) is 42.7 Å². The highest BCUT2D eigenvalue weighted by Gasteiger charge is 2.11. The third-order valence-electron chi connectivity index (χ3n) is 4.00. The molecule has 0 amide bonds. The van der Waals surface area contributed by atoms with E-state index in [1.807, 2.05) is 26.0 Å². The van der Waals surface area contributed by atoms with E-state index in [9.17, 15) is 4.39 Å². The Bertz CT molecular complexity index is 903. The first-order valence-electron chi connectivity index (χ1n) is 8.27. The summed E-state index contributed by atoms with van der Waals surface area (Å²) in [7, 11) is 1.43. The molecule has 7 heteroatoms. The Morgan fingerprint density at radius 3 is 2.85 bits per heavy atom. The molecule has 0 aliphatic rings. The second-order valence-corrected chi connectivity index (χ2v) is 6.03. The third kappa shape index (κ3) is 4.11. The van der Waals surface area contributed by atoms with Crippen molar-refractivity contribution in [3.8, 4) is 17.0 Å². The highest BCUT2D eigenvalue weighted by Crippen LogP contribution is 2.24. The van der Waals surface area contributed by atoms with Crippen molar-refractivity contribution in [3.63, 3.8) is 0 Å². The van der Waals surface area contributed by atoms with Crippen LogP contribution in [0.2, 0.25) is 0 Å². The van der Waals surface area contributed by atoms with Gasteiger partial charge in [0.15, 0.2) is 11.6 Å². The minimum atomic E-state index is -0.447. The topological polar surface area (TPSA) is 72.8 Å². The lowest BCUT2D eigenvalue weighted by atomic mass is 10.1. The summed E-state index contributed by atoms with van der Waals surface area (Å²) in [6.07, 6.45) is 4.02. The largest absolute Gasteiger partial charge is 0.494 e. The van der Waals surface area contributed by atoms with E-state index in [1.165, 1.54) is 19.4 Å². The van der Waals surface area contributed by atoms with Crippen LogP contribution in [0.4, 0.5) is 10.3 Å². The van der Waals surface area contributed by atoms with Crippen LogP contribution in [0, 0.1) is 12.7 Å². The van der Waals surface area contributed by atoms with Crippen LogP contribution in [-0.2, 0) is 6.42 Å². The van der Waals surface area contributed by atoms with Gasteiger partial charge in [0.05, 0.1) is 19.0 Å². The molecule has 134 valence electrons. The Hall–Kier alpha value is -3.09. The maximum Gasteiger partial charge on any atom is 0.243 e. The first-order valence-corrected chi connectivity index (χ1v) is 8.27. The zero-order valence-corrected chi connectivity index (χ0v) is 14.9. The van der Waals surface area contributed by atoms with E-state index in [2.05, 4.69) is 25.5 Å². The molecule has 2 heterocycles. The minimum absolute atomic E-state index is 0.0632. The fourth-order valence-electron chi connectivity index (χ4n) is 2.62. The smallest absolute Gasteiger partial charge is 0.243 e. The van der Waals surface area contributed by atoms with Gasteiger partial charge in [-0.2, -0.15) is 5.10 Å². The summed E-state index contributed by atoms with van der Waals surface area (Å²) in [6.45, 7) is 4.06. The number of pyridine rings is 1. The molecule has 1 aromatic carbocycles. The zero-order chi connectivity index (χ0) is 18.5. The van der Waals surface area contributed by atoms with Gasteiger partial charge in [0, 0.05) is 29.9 Å². The molecular weight excluding hydrogens is 333 g/mol. The van der Waals surface area contributed by atoms with E-state index < -0.39 is 5.82 Å². The van der Waals surface area contributed by atoms with Crippen molar-refractivity contribution in [2.24, 2.45) is 0 Å². The van der Waals surface area contributed by atoms with Gasteiger partial charge in [-0.25, -0.2) is 9.37 Å². The molecular formula is C19H20FN5O. The monoisotopic (exact) mass is 353 g/mol. The van der Waals surface area contributed by atoms with Crippen LogP contribution in [-0.4, -0.2) is 33.3 Å². The number of anilines is 1. The molecule has 0 saturated heterocycles. The summed E-state index contributed by atoms with van der Waals surface area (Å²) in [5, 5.41) is 11.2. The molecule has 0 aliphatic heterocycles. The molecule has 0 aliphatic carbocycles. The van der Waals surface area contributed by atoms with Crippen LogP contribution < -0.4 is 10.1 Å². The van der Waals surface area contributed by atoms with E-state index in [4.69, 9.17) is 4.74 Å². The zero-order valence-electron chi connectivity index (χ0n) is 14.9. The van der Waals surface area contributed by atoms with E-state index in [0.717, 1.165) is 17.7 Å². The van der Waals surface area contributed by atoms with Gasteiger partial charge in [0.1, 0.15) is 0 Å². The molecule has 0 fully saturated rings. The van der Waals surface area contributed by atoms with Gasteiger partial charge in [0.2, 0.25) is 5.95 Å². The fourth-order valence-corrected chi connectivity index (χ4v) is 2.62. The van der Waals surface area contributed by atoms with Gasteiger partial charge in [-0.1, -0.05) is 6.07 Å². The highest BCUT2D eigenvalue weighted by atomic mass is 19.1. The maximum absolute atomic E-state index is 13.9. The second kappa shape index (κ2) is 7.86. The Morgan fingerprint density at radius 2 is 2.12 bits per heavy atom. The van der Waals surface area contributed by atoms with E-state index in [1.54, 1.807) is 18.3 Å². The summed E-state index contributed by atoms with van der Waals surface area (Å²) in [6, 6.07) is 8.68. The van der Waals surface area contributed by atoms with Crippen molar-refractivity contribution in [1.82, 2.24) is 20.2 Å². The molecule has 1 atom stereocenters. The average Bonchev–Trinajstić information content (AvgIpc) is 2.64. The number of hydrogen-bond donors (Lipinski definition) is 1. The second-order valence-electron chi connectivity index (χ2n) is 6.03. The molecule has 6 nitrogen and oxygen atoms in total. The van der Waals surface area contributed by atoms with Crippen molar-refractivity contribution >= 4 is 5.95 Å². The Balaban J connectivity index is 1.75. The van der Waals surface area contributed by atoms with Crippen LogP contribution in [0.3, 0.4) is 0 Å². The number of benzene rings is 1. The lowest BCUT2D eigenvalue weighted by molar-refractivity contribution is 0.386. The van der Waals surface area contributed by atoms with E-state index in [0.29, 0.717) is 17.2 Å². The molecule has 0 saturated carbocycles. The van der Waals surface area contributed by atoms with Crippen molar-refractivity contribution in [2.45, 2.75) is 26.3 Å². The molecule has 1 N–H and O–H groups in total. The van der Waals surface area contributed by atoms with Gasteiger partial charge in [-0.05, 0) is 43.7 Å². The number of methoxy groups -OCH3 is 1. The predicted octanol–water partition coefficient (Wildman–Crippen LogP) is 3.43. The SMILES string of the molecule is COc1ccc(-c2cnnc(N[C@H](C)Cc3ncccc3C)n2)cc1F. The summed E-state index contributed by atoms with van der Waals surface area (Å²) in [5.41, 5.74) is 3.30. The van der Waals surface area contributed by atoms with Gasteiger partial charge in [-0.3, -0.25) is 4.98 Å². The highest BCUT2D eigenvalue weighted by molar-refractivity contribution is 5.60. The number of nitrogens with one attached hydrogen (secondary N) is 1. The average molecular weight is 353 g/mol. The van der Waals surface area contributed by atoms with Gasteiger partial charge in [0.25, 0.3) is 0 Å². The van der Waals surface area contributed by atoms with E-state index >= 15 is 0 Å².